The molecule has 0 heterocycles. The van der Waals surface area contributed by atoms with Gasteiger partial charge in [-0.15, -0.1) is 0 Å². The van der Waals surface area contributed by atoms with Crippen molar-refractivity contribution in [2.45, 2.75) is 6.54 Å². The minimum absolute atomic E-state index is 0.231. The molecule has 0 bridgehead atoms. The summed E-state index contributed by atoms with van der Waals surface area (Å²) < 4.78 is 19.6. The summed E-state index contributed by atoms with van der Waals surface area (Å²) in [6.07, 6.45) is 0. The molecule has 2 aromatic rings. The SMILES string of the molecule is COc1ccc(Br)cc1CN(C)c1cccc(F)c1. The summed E-state index contributed by atoms with van der Waals surface area (Å²) in [5, 5.41) is 0. The third kappa shape index (κ3) is 3.47. The molecule has 2 rings (SSSR count). The van der Waals surface area contributed by atoms with E-state index < -0.39 is 0 Å². The second-order valence-corrected chi connectivity index (χ2v) is 5.21. The first-order chi connectivity index (χ1) is 9.10. The van der Waals surface area contributed by atoms with Crippen LogP contribution >= 0.6 is 15.9 Å². The predicted octanol–water partition coefficient (Wildman–Crippen LogP) is 4.23. The van der Waals surface area contributed by atoms with Crippen LogP contribution in [0.15, 0.2) is 46.9 Å². The third-order valence-electron chi connectivity index (χ3n) is 2.90. The Morgan fingerprint density at radius 1 is 1.21 bits per heavy atom. The van der Waals surface area contributed by atoms with Gasteiger partial charge in [-0.05, 0) is 36.4 Å². The number of benzene rings is 2. The van der Waals surface area contributed by atoms with Crippen molar-refractivity contribution in [2.75, 3.05) is 19.1 Å². The van der Waals surface area contributed by atoms with E-state index in [1.54, 1.807) is 13.2 Å². The molecule has 0 aliphatic carbocycles. The minimum atomic E-state index is -0.231. The molecule has 0 unspecified atom stereocenters. The standard InChI is InChI=1S/C15H15BrFNO/c1-18(14-5-3-4-13(17)9-14)10-11-8-12(16)6-7-15(11)19-2/h3-9H,10H2,1-2H3. The van der Waals surface area contributed by atoms with Crippen LogP contribution in [0, 0.1) is 5.82 Å². The second-order valence-electron chi connectivity index (χ2n) is 4.29. The van der Waals surface area contributed by atoms with Crippen molar-refractivity contribution in [1.29, 1.82) is 0 Å². The quantitative estimate of drug-likeness (QED) is 0.834. The van der Waals surface area contributed by atoms with Gasteiger partial charge in [-0.1, -0.05) is 22.0 Å². The number of rotatable bonds is 4. The Labute approximate surface area is 120 Å². The van der Waals surface area contributed by atoms with Gasteiger partial charge in [-0.3, -0.25) is 0 Å². The molecular weight excluding hydrogens is 309 g/mol. The maximum Gasteiger partial charge on any atom is 0.125 e. The van der Waals surface area contributed by atoms with Crippen LogP contribution in [0.5, 0.6) is 5.75 Å². The van der Waals surface area contributed by atoms with Crippen LogP contribution < -0.4 is 9.64 Å². The Balaban J connectivity index is 2.23. The summed E-state index contributed by atoms with van der Waals surface area (Å²) in [7, 11) is 3.57. The number of hydrogen-bond acceptors (Lipinski definition) is 2. The fourth-order valence-corrected chi connectivity index (χ4v) is 2.34. The smallest absolute Gasteiger partial charge is 0.125 e. The number of hydrogen-bond donors (Lipinski definition) is 0. The van der Waals surface area contributed by atoms with Crippen molar-refractivity contribution >= 4 is 21.6 Å². The highest BCUT2D eigenvalue weighted by Crippen LogP contribution is 2.26. The van der Waals surface area contributed by atoms with Crippen LogP contribution in [-0.4, -0.2) is 14.2 Å². The lowest BCUT2D eigenvalue weighted by molar-refractivity contribution is 0.409. The highest BCUT2D eigenvalue weighted by atomic mass is 79.9. The lowest BCUT2D eigenvalue weighted by Crippen LogP contribution is -2.17. The number of ether oxygens (including phenoxy) is 1. The molecule has 0 spiro atoms. The van der Waals surface area contributed by atoms with Gasteiger partial charge >= 0.3 is 0 Å². The lowest BCUT2D eigenvalue weighted by atomic mass is 10.2. The molecule has 0 aliphatic heterocycles. The van der Waals surface area contributed by atoms with E-state index in [0.29, 0.717) is 6.54 Å². The van der Waals surface area contributed by atoms with E-state index in [9.17, 15) is 4.39 Å². The van der Waals surface area contributed by atoms with Crippen molar-refractivity contribution in [1.82, 2.24) is 0 Å². The molecule has 4 heteroatoms. The summed E-state index contributed by atoms with van der Waals surface area (Å²) in [5.74, 6) is 0.594. The number of methoxy groups -OCH3 is 1. The van der Waals surface area contributed by atoms with Crippen molar-refractivity contribution in [3.63, 3.8) is 0 Å². The zero-order chi connectivity index (χ0) is 13.8. The zero-order valence-corrected chi connectivity index (χ0v) is 12.4. The molecule has 0 fully saturated rings. The summed E-state index contributed by atoms with van der Waals surface area (Å²) >= 11 is 3.45. The molecule has 0 aliphatic rings. The molecule has 0 saturated carbocycles. The van der Waals surface area contributed by atoms with Gasteiger partial charge in [0.1, 0.15) is 11.6 Å². The highest BCUT2D eigenvalue weighted by molar-refractivity contribution is 9.10. The number of nitrogens with zero attached hydrogens (tertiary/aromatic N) is 1. The molecule has 2 nitrogen and oxygen atoms in total. The van der Waals surface area contributed by atoms with E-state index in [4.69, 9.17) is 4.74 Å². The highest BCUT2D eigenvalue weighted by Gasteiger charge is 2.08. The Morgan fingerprint density at radius 2 is 2.00 bits per heavy atom. The Hall–Kier alpha value is -1.55. The molecule has 0 amide bonds. The van der Waals surface area contributed by atoms with Crippen LogP contribution in [0.25, 0.3) is 0 Å². The largest absolute Gasteiger partial charge is 0.496 e. The van der Waals surface area contributed by atoms with Crippen molar-refractivity contribution in [3.05, 3.63) is 58.3 Å². The molecule has 0 radical (unpaired) electrons. The van der Waals surface area contributed by atoms with Crippen LogP contribution in [0.3, 0.4) is 0 Å². The van der Waals surface area contributed by atoms with Gasteiger partial charge in [0.25, 0.3) is 0 Å². The van der Waals surface area contributed by atoms with Crippen LogP contribution in [0.4, 0.5) is 10.1 Å². The van der Waals surface area contributed by atoms with E-state index in [1.165, 1.54) is 12.1 Å². The Kier molecular flexibility index (Phi) is 4.43. The molecule has 0 atom stereocenters. The van der Waals surface area contributed by atoms with Gasteiger partial charge in [0.15, 0.2) is 0 Å². The van der Waals surface area contributed by atoms with Crippen molar-refractivity contribution in [3.8, 4) is 5.75 Å². The van der Waals surface area contributed by atoms with Gasteiger partial charge in [-0.25, -0.2) is 4.39 Å². The normalized spacial score (nSPS) is 10.3. The first kappa shape index (κ1) is 13.9. The van der Waals surface area contributed by atoms with Gasteiger partial charge < -0.3 is 9.64 Å². The summed E-state index contributed by atoms with van der Waals surface area (Å²) in [4.78, 5) is 1.98. The maximum atomic E-state index is 13.2. The van der Waals surface area contributed by atoms with E-state index in [-0.39, 0.29) is 5.82 Å². The van der Waals surface area contributed by atoms with Crippen LogP contribution in [-0.2, 0) is 6.54 Å². The fourth-order valence-electron chi connectivity index (χ4n) is 1.93. The van der Waals surface area contributed by atoms with Gasteiger partial charge in [0.05, 0.1) is 7.11 Å². The van der Waals surface area contributed by atoms with E-state index >= 15 is 0 Å². The van der Waals surface area contributed by atoms with Crippen molar-refractivity contribution in [2.24, 2.45) is 0 Å². The van der Waals surface area contributed by atoms with E-state index in [2.05, 4.69) is 15.9 Å². The summed E-state index contributed by atoms with van der Waals surface area (Å²) in [5.41, 5.74) is 1.88. The average molecular weight is 324 g/mol. The molecule has 0 aromatic heterocycles. The summed E-state index contributed by atoms with van der Waals surface area (Å²) in [6, 6.07) is 12.4. The molecule has 19 heavy (non-hydrogen) atoms. The van der Waals surface area contributed by atoms with Gasteiger partial charge in [0, 0.05) is 29.3 Å². The van der Waals surface area contributed by atoms with Gasteiger partial charge in [-0.2, -0.15) is 0 Å². The fraction of sp³-hybridized carbons (Fsp3) is 0.200. The minimum Gasteiger partial charge on any atom is -0.496 e. The molecule has 0 N–H and O–H groups in total. The van der Waals surface area contributed by atoms with Crippen LogP contribution in [0.2, 0.25) is 0 Å². The predicted molar refractivity (Wildman–Crippen MR) is 79.2 cm³/mol. The molecule has 100 valence electrons. The monoisotopic (exact) mass is 323 g/mol. The second kappa shape index (κ2) is 6.06. The maximum absolute atomic E-state index is 13.2. The molecule has 0 saturated heterocycles. The van der Waals surface area contributed by atoms with E-state index in [0.717, 1.165) is 21.5 Å². The first-order valence-electron chi connectivity index (χ1n) is 5.89. The number of halogens is 2. The lowest BCUT2D eigenvalue weighted by Gasteiger charge is -2.21. The number of anilines is 1. The first-order valence-corrected chi connectivity index (χ1v) is 6.68. The molecule has 2 aromatic carbocycles. The topological polar surface area (TPSA) is 12.5 Å². The average Bonchev–Trinajstić information content (AvgIpc) is 2.39. The van der Waals surface area contributed by atoms with E-state index in [1.807, 2.05) is 36.2 Å². The Morgan fingerprint density at radius 3 is 2.68 bits per heavy atom. The Bertz CT molecular complexity index is 574. The summed E-state index contributed by atoms with van der Waals surface area (Å²) in [6.45, 7) is 0.645. The van der Waals surface area contributed by atoms with Crippen LogP contribution in [0.1, 0.15) is 5.56 Å². The van der Waals surface area contributed by atoms with Gasteiger partial charge in [0.2, 0.25) is 0 Å². The zero-order valence-electron chi connectivity index (χ0n) is 10.9. The molecular formula is C15H15BrFNO. The van der Waals surface area contributed by atoms with Crippen molar-refractivity contribution < 1.29 is 9.13 Å². The third-order valence-corrected chi connectivity index (χ3v) is 3.39.